The molecule has 0 fully saturated rings. The molecule has 0 aliphatic rings. The van der Waals surface area contributed by atoms with Gasteiger partial charge in [0.25, 0.3) is 0 Å². The number of methoxy groups -OCH3 is 2. The summed E-state index contributed by atoms with van der Waals surface area (Å²) in [6, 6.07) is 21.2. The molecule has 0 aliphatic carbocycles. The van der Waals surface area contributed by atoms with Gasteiger partial charge in [-0.1, -0.05) is 0 Å². The van der Waals surface area contributed by atoms with Crippen LogP contribution in [0.3, 0.4) is 0 Å². The van der Waals surface area contributed by atoms with Crippen molar-refractivity contribution in [3.63, 3.8) is 0 Å². The number of hydrogen-bond acceptors (Lipinski definition) is 5. The topological polar surface area (TPSA) is 70.3 Å². The first kappa shape index (κ1) is 16.8. The first-order chi connectivity index (χ1) is 13.2. The molecule has 0 unspecified atom stereocenters. The van der Waals surface area contributed by atoms with Gasteiger partial charge >= 0.3 is 0 Å². The Morgan fingerprint density at radius 3 is 1.59 bits per heavy atom. The fourth-order valence-electron chi connectivity index (χ4n) is 2.97. The van der Waals surface area contributed by atoms with Crippen molar-refractivity contribution in [2.75, 3.05) is 20.0 Å². The summed E-state index contributed by atoms with van der Waals surface area (Å²) >= 11 is 0. The van der Waals surface area contributed by atoms with Crippen LogP contribution in [0.25, 0.3) is 33.5 Å². The van der Waals surface area contributed by atoms with E-state index >= 15 is 0 Å². The average Bonchev–Trinajstić information content (AvgIpc) is 2.73. The number of nitrogens with two attached hydrogens (primary N) is 1. The zero-order valence-corrected chi connectivity index (χ0v) is 15.1. The van der Waals surface area contributed by atoms with Crippen molar-refractivity contribution in [2.24, 2.45) is 0 Å². The van der Waals surface area contributed by atoms with Gasteiger partial charge in [0, 0.05) is 16.8 Å². The molecule has 0 spiro atoms. The van der Waals surface area contributed by atoms with Crippen LogP contribution in [0.15, 0.2) is 66.7 Å². The van der Waals surface area contributed by atoms with E-state index in [0.717, 1.165) is 45.0 Å². The molecular formula is C22H19N3O2. The third-order valence-electron chi connectivity index (χ3n) is 4.42. The third kappa shape index (κ3) is 3.27. The summed E-state index contributed by atoms with van der Waals surface area (Å²) in [6.45, 7) is 0. The Bertz CT molecular complexity index is 1090. The highest BCUT2D eigenvalue weighted by atomic mass is 16.5. The van der Waals surface area contributed by atoms with Crippen LogP contribution in [0, 0.1) is 0 Å². The lowest BCUT2D eigenvalue weighted by molar-refractivity contribution is 0.414. The fourth-order valence-corrected chi connectivity index (χ4v) is 2.97. The maximum absolute atomic E-state index is 5.93. The van der Waals surface area contributed by atoms with Crippen LogP contribution in [0.1, 0.15) is 0 Å². The zero-order valence-electron chi connectivity index (χ0n) is 15.1. The summed E-state index contributed by atoms with van der Waals surface area (Å²) in [6.07, 6.45) is 0. The molecule has 0 amide bonds. The van der Waals surface area contributed by atoms with Gasteiger partial charge in [0.05, 0.1) is 36.6 Å². The maximum Gasteiger partial charge on any atom is 0.118 e. The lowest BCUT2D eigenvalue weighted by Crippen LogP contribution is -1.97. The number of fused-ring (bicyclic) bond motifs is 1. The fraction of sp³-hybridized carbons (Fsp3) is 0.0909. The Labute approximate surface area is 157 Å². The van der Waals surface area contributed by atoms with Gasteiger partial charge in [-0.15, -0.1) is 0 Å². The van der Waals surface area contributed by atoms with Crippen LogP contribution >= 0.6 is 0 Å². The number of benzene rings is 3. The second-order valence-electron chi connectivity index (χ2n) is 6.13. The van der Waals surface area contributed by atoms with Gasteiger partial charge < -0.3 is 15.2 Å². The van der Waals surface area contributed by atoms with Crippen molar-refractivity contribution in [3.8, 4) is 34.0 Å². The predicted octanol–water partition coefficient (Wildman–Crippen LogP) is 4.56. The van der Waals surface area contributed by atoms with Gasteiger partial charge in [0.2, 0.25) is 0 Å². The first-order valence-electron chi connectivity index (χ1n) is 8.54. The highest BCUT2D eigenvalue weighted by molar-refractivity contribution is 5.87. The van der Waals surface area contributed by atoms with Gasteiger partial charge in [0.1, 0.15) is 11.5 Å². The summed E-state index contributed by atoms with van der Waals surface area (Å²) in [5.74, 6) is 1.59. The average molecular weight is 357 g/mol. The predicted molar refractivity (Wildman–Crippen MR) is 108 cm³/mol. The minimum Gasteiger partial charge on any atom is -0.497 e. The second kappa shape index (κ2) is 6.96. The largest absolute Gasteiger partial charge is 0.497 e. The maximum atomic E-state index is 5.93. The van der Waals surface area contributed by atoms with Gasteiger partial charge in [-0.3, -0.25) is 0 Å². The standard InChI is InChI=1S/C22H19N3O2/c1-26-17-8-3-14(4-9-17)21-22(15-5-10-18(27-2)11-6-15)25-20-13-16(23)7-12-19(20)24-21/h3-13H,23H2,1-2H3. The summed E-state index contributed by atoms with van der Waals surface area (Å²) in [5.41, 5.74) is 11.7. The normalized spacial score (nSPS) is 10.7. The highest BCUT2D eigenvalue weighted by Gasteiger charge is 2.14. The molecule has 0 bridgehead atoms. The number of nitrogen functional groups attached to an aromatic ring is 1. The minimum absolute atomic E-state index is 0.662. The van der Waals surface area contributed by atoms with Crippen LogP contribution < -0.4 is 15.2 Å². The number of ether oxygens (including phenoxy) is 2. The Morgan fingerprint density at radius 1 is 0.630 bits per heavy atom. The monoisotopic (exact) mass is 357 g/mol. The minimum atomic E-state index is 0.662. The lowest BCUT2D eigenvalue weighted by atomic mass is 10.0. The van der Waals surface area contributed by atoms with Crippen molar-refractivity contribution in [3.05, 3.63) is 66.7 Å². The molecule has 4 rings (SSSR count). The smallest absolute Gasteiger partial charge is 0.118 e. The summed E-state index contributed by atoms with van der Waals surface area (Å²) in [7, 11) is 3.30. The molecular weight excluding hydrogens is 338 g/mol. The van der Waals surface area contributed by atoms with E-state index < -0.39 is 0 Å². The van der Waals surface area contributed by atoms with E-state index in [-0.39, 0.29) is 0 Å². The summed E-state index contributed by atoms with van der Waals surface area (Å²) in [5, 5.41) is 0. The summed E-state index contributed by atoms with van der Waals surface area (Å²) < 4.78 is 10.5. The molecule has 134 valence electrons. The van der Waals surface area contributed by atoms with Crippen LogP contribution in [-0.4, -0.2) is 24.2 Å². The highest BCUT2D eigenvalue weighted by Crippen LogP contribution is 2.33. The molecule has 4 aromatic rings. The molecule has 1 heterocycles. The summed E-state index contributed by atoms with van der Waals surface area (Å²) in [4.78, 5) is 9.74. The third-order valence-corrected chi connectivity index (χ3v) is 4.42. The Balaban J connectivity index is 1.94. The zero-order chi connectivity index (χ0) is 18.8. The van der Waals surface area contributed by atoms with Crippen molar-refractivity contribution in [2.45, 2.75) is 0 Å². The van der Waals surface area contributed by atoms with Crippen LogP contribution in [0.5, 0.6) is 11.5 Å². The number of nitrogens with zero attached hydrogens (tertiary/aromatic N) is 2. The van der Waals surface area contributed by atoms with Gasteiger partial charge in [-0.25, -0.2) is 9.97 Å². The van der Waals surface area contributed by atoms with E-state index in [0.29, 0.717) is 5.69 Å². The lowest BCUT2D eigenvalue weighted by Gasteiger charge is -2.12. The number of aromatic nitrogens is 2. The number of rotatable bonds is 4. The first-order valence-corrected chi connectivity index (χ1v) is 8.54. The molecule has 0 atom stereocenters. The SMILES string of the molecule is COc1ccc(-c2nc3ccc(N)cc3nc2-c2ccc(OC)cc2)cc1. The second-order valence-corrected chi connectivity index (χ2v) is 6.13. The molecule has 0 aliphatic heterocycles. The number of hydrogen-bond donors (Lipinski definition) is 1. The molecule has 5 nitrogen and oxygen atoms in total. The molecule has 3 aromatic carbocycles. The molecule has 0 saturated heterocycles. The van der Waals surface area contributed by atoms with E-state index in [2.05, 4.69) is 0 Å². The van der Waals surface area contributed by atoms with Gasteiger partial charge in [0.15, 0.2) is 0 Å². The molecule has 0 saturated carbocycles. The van der Waals surface area contributed by atoms with E-state index in [9.17, 15) is 0 Å². The van der Waals surface area contributed by atoms with E-state index in [1.54, 1.807) is 14.2 Å². The van der Waals surface area contributed by atoms with Crippen molar-refractivity contribution >= 4 is 16.7 Å². The van der Waals surface area contributed by atoms with Crippen molar-refractivity contribution < 1.29 is 9.47 Å². The van der Waals surface area contributed by atoms with Crippen LogP contribution in [0.2, 0.25) is 0 Å². The Hall–Kier alpha value is -3.60. The van der Waals surface area contributed by atoms with Crippen molar-refractivity contribution in [1.82, 2.24) is 9.97 Å². The molecule has 27 heavy (non-hydrogen) atoms. The molecule has 5 heteroatoms. The molecule has 2 N–H and O–H groups in total. The Morgan fingerprint density at radius 2 is 1.11 bits per heavy atom. The molecule has 1 aromatic heterocycles. The van der Waals surface area contributed by atoms with Gasteiger partial charge in [-0.05, 0) is 66.7 Å². The van der Waals surface area contributed by atoms with Crippen LogP contribution in [-0.2, 0) is 0 Å². The number of anilines is 1. The van der Waals surface area contributed by atoms with E-state index in [1.165, 1.54) is 0 Å². The van der Waals surface area contributed by atoms with Crippen molar-refractivity contribution in [1.29, 1.82) is 0 Å². The Kier molecular flexibility index (Phi) is 4.34. The van der Waals surface area contributed by atoms with E-state index in [4.69, 9.17) is 25.2 Å². The quantitative estimate of drug-likeness (QED) is 0.542. The van der Waals surface area contributed by atoms with Gasteiger partial charge in [-0.2, -0.15) is 0 Å². The van der Waals surface area contributed by atoms with Crippen LogP contribution in [0.4, 0.5) is 5.69 Å². The van der Waals surface area contributed by atoms with E-state index in [1.807, 2.05) is 66.7 Å². The molecule has 0 radical (unpaired) electrons.